The van der Waals surface area contributed by atoms with Crippen molar-refractivity contribution < 1.29 is 0 Å². The number of rotatable bonds is 0. The van der Waals surface area contributed by atoms with Crippen molar-refractivity contribution in [2.24, 2.45) is 5.92 Å². The van der Waals surface area contributed by atoms with Gasteiger partial charge in [-0.05, 0) is 25.2 Å². The van der Waals surface area contributed by atoms with Crippen LogP contribution in [0.5, 0.6) is 0 Å². The number of aromatic nitrogens is 2. The van der Waals surface area contributed by atoms with Crippen molar-refractivity contribution in [1.29, 1.82) is 0 Å². The average Bonchev–Trinajstić information content (AvgIpc) is 2.49. The summed E-state index contributed by atoms with van der Waals surface area (Å²) in [5.41, 5.74) is 0.239. The summed E-state index contributed by atoms with van der Waals surface area (Å²) in [6.45, 7) is 8.13. The van der Waals surface area contributed by atoms with E-state index in [1.54, 1.807) is 0 Å². The van der Waals surface area contributed by atoms with Crippen molar-refractivity contribution in [2.75, 3.05) is 0 Å². The maximum absolute atomic E-state index is 4.51. The zero-order valence-electron chi connectivity index (χ0n) is 9.45. The van der Waals surface area contributed by atoms with Crippen LogP contribution in [0.4, 0.5) is 0 Å². The third-order valence-electron chi connectivity index (χ3n) is 3.28. The number of hydrogen-bond donors (Lipinski definition) is 0. The van der Waals surface area contributed by atoms with E-state index in [-0.39, 0.29) is 5.41 Å². The van der Waals surface area contributed by atoms with Gasteiger partial charge < -0.3 is 4.57 Å². The molecule has 1 unspecified atom stereocenters. The van der Waals surface area contributed by atoms with E-state index in [1.165, 1.54) is 25.1 Å². The molecule has 0 amide bonds. The summed E-state index contributed by atoms with van der Waals surface area (Å²) in [4.78, 5) is 4.51. The van der Waals surface area contributed by atoms with Gasteiger partial charge >= 0.3 is 0 Å². The highest BCUT2D eigenvalue weighted by Gasteiger charge is 2.29. The standard InChI is InChI=1S/C12H20N2/c1-10-5-4-7-14-8-6-13-11(14)12(2,3)9-10/h6,8,10H,4-5,7,9H2,1-3H3. The molecular formula is C12H20N2. The molecule has 0 saturated carbocycles. The number of aryl methyl sites for hydroxylation is 1. The van der Waals surface area contributed by atoms with Gasteiger partial charge in [0.1, 0.15) is 5.82 Å². The van der Waals surface area contributed by atoms with Crippen molar-refractivity contribution in [3.05, 3.63) is 18.2 Å². The SMILES string of the molecule is CC1CCCn2ccnc2C(C)(C)C1. The summed E-state index contributed by atoms with van der Waals surface area (Å²) in [7, 11) is 0. The summed E-state index contributed by atoms with van der Waals surface area (Å²) in [5.74, 6) is 2.10. The van der Waals surface area contributed by atoms with Crippen LogP contribution in [0.1, 0.15) is 45.9 Å². The largest absolute Gasteiger partial charge is 0.334 e. The second-order valence-electron chi connectivity index (χ2n) is 5.28. The van der Waals surface area contributed by atoms with Gasteiger partial charge in [-0.3, -0.25) is 0 Å². The maximum atomic E-state index is 4.51. The van der Waals surface area contributed by atoms with Crippen LogP contribution in [0.3, 0.4) is 0 Å². The Kier molecular flexibility index (Phi) is 2.38. The molecule has 0 saturated heterocycles. The molecule has 14 heavy (non-hydrogen) atoms. The molecular weight excluding hydrogens is 172 g/mol. The Bertz CT molecular complexity index is 312. The molecule has 0 aliphatic carbocycles. The average molecular weight is 192 g/mol. The Morgan fingerprint density at radius 3 is 3.07 bits per heavy atom. The topological polar surface area (TPSA) is 17.8 Å². The van der Waals surface area contributed by atoms with Gasteiger partial charge in [0.25, 0.3) is 0 Å². The molecule has 1 aromatic heterocycles. The molecule has 0 N–H and O–H groups in total. The quantitative estimate of drug-likeness (QED) is 0.618. The Morgan fingerprint density at radius 1 is 1.50 bits per heavy atom. The van der Waals surface area contributed by atoms with Crippen molar-refractivity contribution in [3.8, 4) is 0 Å². The van der Waals surface area contributed by atoms with E-state index in [9.17, 15) is 0 Å². The van der Waals surface area contributed by atoms with Gasteiger partial charge in [0, 0.05) is 24.4 Å². The van der Waals surface area contributed by atoms with Crippen LogP contribution in [0, 0.1) is 5.92 Å². The van der Waals surface area contributed by atoms with Gasteiger partial charge in [-0.25, -0.2) is 4.98 Å². The molecule has 0 aromatic carbocycles. The monoisotopic (exact) mass is 192 g/mol. The molecule has 0 fully saturated rings. The van der Waals surface area contributed by atoms with E-state index >= 15 is 0 Å². The molecule has 1 aliphatic heterocycles. The molecule has 1 aromatic rings. The fourth-order valence-electron chi connectivity index (χ4n) is 2.75. The summed E-state index contributed by atoms with van der Waals surface area (Å²) in [5, 5.41) is 0. The summed E-state index contributed by atoms with van der Waals surface area (Å²) < 4.78 is 2.33. The van der Waals surface area contributed by atoms with Crippen LogP contribution in [-0.2, 0) is 12.0 Å². The van der Waals surface area contributed by atoms with Gasteiger partial charge in [0.15, 0.2) is 0 Å². The minimum Gasteiger partial charge on any atom is -0.334 e. The third kappa shape index (κ3) is 1.70. The number of hydrogen-bond acceptors (Lipinski definition) is 1. The van der Waals surface area contributed by atoms with Crippen LogP contribution in [0.2, 0.25) is 0 Å². The first-order chi connectivity index (χ1) is 6.59. The van der Waals surface area contributed by atoms with Crippen molar-refractivity contribution in [1.82, 2.24) is 9.55 Å². The number of fused-ring (bicyclic) bond motifs is 1. The van der Waals surface area contributed by atoms with E-state index in [4.69, 9.17) is 0 Å². The third-order valence-corrected chi connectivity index (χ3v) is 3.28. The van der Waals surface area contributed by atoms with E-state index in [0.717, 1.165) is 12.5 Å². The lowest BCUT2D eigenvalue weighted by molar-refractivity contribution is 0.305. The molecule has 2 nitrogen and oxygen atoms in total. The van der Waals surface area contributed by atoms with Gasteiger partial charge in [-0.2, -0.15) is 0 Å². The van der Waals surface area contributed by atoms with Crippen LogP contribution < -0.4 is 0 Å². The van der Waals surface area contributed by atoms with Gasteiger partial charge in [0.05, 0.1) is 0 Å². The van der Waals surface area contributed by atoms with Crippen LogP contribution in [-0.4, -0.2) is 9.55 Å². The molecule has 78 valence electrons. The molecule has 0 bridgehead atoms. The second kappa shape index (κ2) is 3.41. The predicted molar refractivity (Wildman–Crippen MR) is 58.3 cm³/mol. The van der Waals surface area contributed by atoms with Crippen LogP contribution in [0.15, 0.2) is 12.4 Å². The predicted octanol–water partition coefficient (Wildman–Crippen LogP) is 2.98. The van der Waals surface area contributed by atoms with Crippen molar-refractivity contribution in [2.45, 2.75) is 52.0 Å². The first kappa shape index (κ1) is 9.75. The maximum Gasteiger partial charge on any atom is 0.114 e. The van der Waals surface area contributed by atoms with Crippen LogP contribution in [0.25, 0.3) is 0 Å². The highest BCUT2D eigenvalue weighted by molar-refractivity contribution is 5.08. The molecule has 0 radical (unpaired) electrons. The molecule has 2 heteroatoms. The molecule has 1 atom stereocenters. The fourth-order valence-corrected chi connectivity index (χ4v) is 2.75. The van der Waals surface area contributed by atoms with Gasteiger partial charge in [-0.1, -0.05) is 20.8 Å². The molecule has 1 aliphatic rings. The zero-order chi connectivity index (χ0) is 10.2. The van der Waals surface area contributed by atoms with Crippen LogP contribution >= 0.6 is 0 Å². The molecule has 2 rings (SSSR count). The minimum atomic E-state index is 0.239. The second-order valence-corrected chi connectivity index (χ2v) is 5.28. The number of imidazole rings is 1. The smallest absolute Gasteiger partial charge is 0.114 e. The highest BCUT2D eigenvalue weighted by Crippen LogP contribution is 2.33. The first-order valence-electron chi connectivity index (χ1n) is 5.61. The summed E-state index contributed by atoms with van der Waals surface area (Å²) in [6.07, 6.45) is 7.95. The first-order valence-corrected chi connectivity index (χ1v) is 5.61. The minimum absolute atomic E-state index is 0.239. The van der Waals surface area contributed by atoms with Gasteiger partial charge in [-0.15, -0.1) is 0 Å². The lowest BCUT2D eigenvalue weighted by Gasteiger charge is -2.30. The van der Waals surface area contributed by atoms with Crippen molar-refractivity contribution in [3.63, 3.8) is 0 Å². The Balaban J connectivity index is 2.35. The lowest BCUT2D eigenvalue weighted by Crippen LogP contribution is -2.27. The Morgan fingerprint density at radius 2 is 2.29 bits per heavy atom. The summed E-state index contributed by atoms with van der Waals surface area (Å²) >= 11 is 0. The highest BCUT2D eigenvalue weighted by atomic mass is 15.1. The zero-order valence-corrected chi connectivity index (χ0v) is 9.45. The van der Waals surface area contributed by atoms with Gasteiger partial charge in [0.2, 0.25) is 0 Å². The molecule has 0 spiro atoms. The fraction of sp³-hybridized carbons (Fsp3) is 0.750. The normalized spacial score (nSPS) is 26.4. The van der Waals surface area contributed by atoms with Crippen molar-refractivity contribution >= 4 is 0 Å². The Labute approximate surface area is 86.3 Å². The summed E-state index contributed by atoms with van der Waals surface area (Å²) in [6, 6.07) is 0. The number of nitrogens with zero attached hydrogens (tertiary/aromatic N) is 2. The van der Waals surface area contributed by atoms with E-state index < -0.39 is 0 Å². The Hall–Kier alpha value is -0.790. The lowest BCUT2D eigenvalue weighted by atomic mass is 9.80. The molecule has 2 heterocycles. The van der Waals surface area contributed by atoms with E-state index in [2.05, 4.69) is 36.5 Å². The van der Waals surface area contributed by atoms with E-state index in [0.29, 0.717) is 0 Å². The van der Waals surface area contributed by atoms with E-state index in [1.807, 2.05) is 6.20 Å².